The largest absolute Gasteiger partial charge is 0.573 e. The summed E-state index contributed by atoms with van der Waals surface area (Å²) in [6.07, 6.45) is 13.1. The van der Waals surface area contributed by atoms with Crippen LogP contribution in [0.1, 0.15) is 120 Å². The van der Waals surface area contributed by atoms with E-state index in [1.54, 1.807) is 6.07 Å². The number of unbranched alkanes of at least 4 members (excludes halogenated alkanes) is 1. The van der Waals surface area contributed by atoms with Gasteiger partial charge in [-0.3, -0.25) is 0 Å². The lowest BCUT2D eigenvalue weighted by Crippen LogP contribution is -2.25. The minimum atomic E-state index is -4.62. The normalized spacial score (nSPS) is 20.7. The fraction of sp³-hybridized carbons (Fsp3) is 0.478. The highest BCUT2D eigenvalue weighted by molar-refractivity contribution is 5.71. The summed E-state index contributed by atoms with van der Waals surface area (Å²) in [4.78, 5) is 0. The standard InChI is InChI=1S/C24H25F.C22H31F3O/c1-3-5-6-19-9-11-20(12-10-19)22-15-16-23(24(25)17-22)21-13-7-18(4-2)8-14-21;1-2-3-16-4-6-17(7-5-16)18-8-10-19(11-9-18)20-12-14-21(15-13-20)26-22(23,24)25/h7-17H,3-6H2,1-2H3;12-19H,2-11H2,1H3. The van der Waals surface area contributed by atoms with E-state index in [9.17, 15) is 17.6 Å². The van der Waals surface area contributed by atoms with E-state index >= 15 is 0 Å². The van der Waals surface area contributed by atoms with Gasteiger partial charge < -0.3 is 4.74 Å². The van der Waals surface area contributed by atoms with E-state index in [0.29, 0.717) is 11.5 Å². The molecular formula is C46H56F4O. The monoisotopic (exact) mass is 700 g/mol. The number of alkyl halides is 3. The molecule has 0 aliphatic heterocycles. The predicted octanol–water partition coefficient (Wildman–Crippen LogP) is 14.5. The zero-order chi connectivity index (χ0) is 36.2. The molecule has 0 atom stereocenters. The summed E-state index contributed by atoms with van der Waals surface area (Å²) in [5.74, 6) is 2.93. The number of halogens is 4. The summed E-state index contributed by atoms with van der Waals surface area (Å²) in [5.41, 5.74) is 7.34. The maximum absolute atomic E-state index is 14.6. The van der Waals surface area contributed by atoms with Crippen molar-refractivity contribution in [3.05, 3.63) is 114 Å². The summed E-state index contributed by atoms with van der Waals surface area (Å²) >= 11 is 0. The fourth-order valence-corrected chi connectivity index (χ4v) is 8.32. The van der Waals surface area contributed by atoms with Crippen LogP contribution in [0.2, 0.25) is 0 Å². The lowest BCUT2D eigenvalue weighted by atomic mass is 9.68. The fourth-order valence-electron chi connectivity index (χ4n) is 8.32. The zero-order valence-electron chi connectivity index (χ0n) is 30.8. The van der Waals surface area contributed by atoms with Crippen molar-refractivity contribution in [3.63, 3.8) is 0 Å². The minimum absolute atomic E-state index is 0.126. The average Bonchev–Trinajstić information content (AvgIpc) is 3.15. The lowest BCUT2D eigenvalue weighted by molar-refractivity contribution is -0.274. The van der Waals surface area contributed by atoms with E-state index in [2.05, 4.69) is 61.9 Å². The molecule has 0 amide bonds. The number of aryl methyl sites for hydroxylation is 2. The number of rotatable bonds is 11. The highest BCUT2D eigenvalue weighted by Gasteiger charge is 2.32. The van der Waals surface area contributed by atoms with Crippen LogP contribution in [0.3, 0.4) is 0 Å². The smallest absolute Gasteiger partial charge is 0.406 e. The molecule has 0 N–H and O–H groups in total. The molecule has 274 valence electrons. The third-order valence-corrected chi connectivity index (χ3v) is 11.4. The first-order valence-electron chi connectivity index (χ1n) is 19.5. The highest BCUT2D eigenvalue weighted by Crippen LogP contribution is 2.44. The quantitative estimate of drug-likeness (QED) is 0.142. The Kier molecular flexibility index (Phi) is 14.2. The summed E-state index contributed by atoms with van der Waals surface area (Å²) in [7, 11) is 0. The molecule has 2 aliphatic rings. The van der Waals surface area contributed by atoms with Crippen LogP contribution < -0.4 is 4.74 Å². The Balaban J connectivity index is 0.000000198. The van der Waals surface area contributed by atoms with Gasteiger partial charge in [-0.2, -0.15) is 0 Å². The van der Waals surface area contributed by atoms with Crippen molar-refractivity contribution in [2.45, 2.75) is 123 Å². The SMILES string of the molecule is CCCC1CCC(C2CCC(c3ccc(OC(F)(F)F)cc3)CC2)CC1.CCCCc1ccc(-c2ccc(-c3ccc(CC)cc3)c(F)c2)cc1. The van der Waals surface area contributed by atoms with Gasteiger partial charge in [0, 0.05) is 5.56 Å². The van der Waals surface area contributed by atoms with E-state index in [0.717, 1.165) is 52.8 Å². The van der Waals surface area contributed by atoms with Crippen molar-refractivity contribution < 1.29 is 22.3 Å². The van der Waals surface area contributed by atoms with Gasteiger partial charge in [-0.05, 0) is 133 Å². The second-order valence-corrected chi connectivity index (χ2v) is 14.8. The molecule has 1 nitrogen and oxygen atoms in total. The Morgan fingerprint density at radius 3 is 1.73 bits per heavy atom. The Labute approximate surface area is 303 Å². The maximum Gasteiger partial charge on any atom is 0.573 e. The van der Waals surface area contributed by atoms with Gasteiger partial charge in [0.05, 0.1) is 0 Å². The molecule has 2 fully saturated rings. The number of ether oxygens (including phenoxy) is 1. The van der Waals surface area contributed by atoms with Crippen LogP contribution in [0.15, 0.2) is 91.0 Å². The zero-order valence-corrected chi connectivity index (χ0v) is 30.8. The van der Waals surface area contributed by atoms with Crippen molar-refractivity contribution in [2.24, 2.45) is 17.8 Å². The third-order valence-electron chi connectivity index (χ3n) is 11.4. The second-order valence-electron chi connectivity index (χ2n) is 14.8. The van der Waals surface area contributed by atoms with E-state index in [1.807, 2.05) is 36.4 Å². The first-order valence-corrected chi connectivity index (χ1v) is 19.5. The van der Waals surface area contributed by atoms with Crippen LogP contribution in [-0.4, -0.2) is 6.36 Å². The van der Waals surface area contributed by atoms with Crippen LogP contribution >= 0.6 is 0 Å². The van der Waals surface area contributed by atoms with Crippen LogP contribution in [0.25, 0.3) is 22.3 Å². The summed E-state index contributed by atoms with van der Waals surface area (Å²) < 4.78 is 55.4. The Hall–Kier alpha value is -3.60. The van der Waals surface area contributed by atoms with E-state index in [1.165, 1.54) is 100 Å². The van der Waals surface area contributed by atoms with E-state index in [4.69, 9.17) is 0 Å². The first kappa shape index (κ1) is 38.6. The van der Waals surface area contributed by atoms with Crippen molar-refractivity contribution in [1.29, 1.82) is 0 Å². The van der Waals surface area contributed by atoms with Crippen LogP contribution in [-0.2, 0) is 12.8 Å². The third kappa shape index (κ3) is 11.4. The highest BCUT2D eigenvalue weighted by atomic mass is 19.4. The van der Waals surface area contributed by atoms with Crippen LogP contribution in [0.4, 0.5) is 17.6 Å². The molecule has 5 heteroatoms. The van der Waals surface area contributed by atoms with Gasteiger partial charge in [0.1, 0.15) is 11.6 Å². The summed E-state index contributed by atoms with van der Waals surface area (Å²) in [6, 6.07) is 28.7. The molecular weight excluding hydrogens is 644 g/mol. The summed E-state index contributed by atoms with van der Waals surface area (Å²) in [6.45, 7) is 6.61. The topological polar surface area (TPSA) is 9.23 Å². The van der Waals surface area contributed by atoms with Gasteiger partial charge in [0.15, 0.2) is 0 Å². The average molecular weight is 701 g/mol. The van der Waals surface area contributed by atoms with Gasteiger partial charge >= 0.3 is 6.36 Å². The molecule has 6 rings (SSSR count). The molecule has 51 heavy (non-hydrogen) atoms. The predicted molar refractivity (Wildman–Crippen MR) is 203 cm³/mol. The molecule has 4 aromatic carbocycles. The Morgan fingerprint density at radius 2 is 1.18 bits per heavy atom. The molecule has 0 aromatic heterocycles. The molecule has 4 aromatic rings. The first-order chi connectivity index (χ1) is 24.6. The van der Waals surface area contributed by atoms with Gasteiger partial charge in [0.2, 0.25) is 0 Å². The molecule has 0 saturated heterocycles. The number of hydrogen-bond donors (Lipinski definition) is 0. The lowest BCUT2D eigenvalue weighted by Gasteiger charge is -2.38. The Morgan fingerprint density at radius 1 is 0.608 bits per heavy atom. The number of benzene rings is 4. The van der Waals surface area contributed by atoms with Crippen molar-refractivity contribution in [1.82, 2.24) is 0 Å². The van der Waals surface area contributed by atoms with Gasteiger partial charge in [-0.1, -0.05) is 126 Å². The number of hydrogen-bond acceptors (Lipinski definition) is 1. The van der Waals surface area contributed by atoms with Crippen molar-refractivity contribution >= 4 is 0 Å². The maximum atomic E-state index is 14.6. The molecule has 2 aliphatic carbocycles. The van der Waals surface area contributed by atoms with Gasteiger partial charge in [-0.15, -0.1) is 13.2 Å². The molecule has 0 unspecified atom stereocenters. The van der Waals surface area contributed by atoms with Crippen LogP contribution in [0, 0.1) is 23.6 Å². The second kappa shape index (κ2) is 18.8. The molecule has 0 heterocycles. The summed E-state index contributed by atoms with van der Waals surface area (Å²) in [5, 5.41) is 0. The van der Waals surface area contributed by atoms with Crippen molar-refractivity contribution in [3.8, 4) is 28.0 Å². The van der Waals surface area contributed by atoms with Gasteiger partial charge in [-0.25, -0.2) is 4.39 Å². The van der Waals surface area contributed by atoms with Gasteiger partial charge in [0.25, 0.3) is 0 Å². The molecule has 0 spiro atoms. The Bertz CT molecular complexity index is 1590. The molecule has 0 radical (unpaired) electrons. The minimum Gasteiger partial charge on any atom is -0.406 e. The molecule has 2 saturated carbocycles. The van der Waals surface area contributed by atoms with Crippen molar-refractivity contribution in [2.75, 3.05) is 0 Å². The van der Waals surface area contributed by atoms with E-state index in [-0.39, 0.29) is 11.6 Å². The van der Waals surface area contributed by atoms with Crippen LogP contribution in [0.5, 0.6) is 5.75 Å². The van der Waals surface area contributed by atoms with E-state index < -0.39 is 6.36 Å². The molecule has 0 bridgehead atoms.